The number of hydrogen-bond donors (Lipinski definition) is 2. The van der Waals surface area contributed by atoms with Gasteiger partial charge in [0.1, 0.15) is 4.90 Å². The summed E-state index contributed by atoms with van der Waals surface area (Å²) in [5.74, 6) is 0. The topological polar surface area (TPSA) is 79.0 Å². The molecule has 0 spiro atoms. The third kappa shape index (κ3) is 3.46. The van der Waals surface area contributed by atoms with Crippen molar-refractivity contribution in [3.8, 4) is 0 Å². The molecule has 0 aliphatic heterocycles. The van der Waals surface area contributed by atoms with E-state index in [0.717, 1.165) is 0 Å². The van der Waals surface area contributed by atoms with Crippen molar-refractivity contribution in [3.05, 3.63) is 28.7 Å². The monoisotopic (exact) mass is 244 g/mol. The van der Waals surface area contributed by atoms with E-state index in [0.29, 0.717) is 0 Å². The van der Waals surface area contributed by atoms with E-state index in [1.165, 1.54) is 18.3 Å². The number of hydrogen-bond acceptors (Lipinski definition) is 3. The Bertz CT molecular complexity index is 511. The van der Waals surface area contributed by atoms with E-state index < -0.39 is 15.6 Å². The second-order valence-corrected chi connectivity index (χ2v) is 6.48. The quantitative estimate of drug-likeness (QED) is 0.821. The highest BCUT2D eigenvalue weighted by Crippen LogP contribution is 2.12. The van der Waals surface area contributed by atoms with Gasteiger partial charge >= 0.3 is 0 Å². The second kappa shape index (κ2) is 4.39. The zero-order chi connectivity index (χ0) is 12.4. The van der Waals surface area contributed by atoms with Crippen LogP contribution in [0.5, 0.6) is 0 Å². The zero-order valence-corrected chi connectivity index (χ0v) is 10.4. The third-order valence-electron chi connectivity index (χ3n) is 1.86. The van der Waals surface area contributed by atoms with Crippen LogP contribution in [0.3, 0.4) is 0 Å². The standard InChI is InChI=1S/C10H16N2O3S/c1-10(2,3)7-12-16(14,15)8-5-4-6-11-9(8)13/h4-6,12H,7H2,1-3H3,(H,11,13). The predicted molar refractivity (Wildman–Crippen MR) is 61.7 cm³/mol. The first-order valence-electron chi connectivity index (χ1n) is 4.90. The summed E-state index contributed by atoms with van der Waals surface area (Å²) in [5.41, 5.74) is -0.780. The van der Waals surface area contributed by atoms with E-state index in [-0.39, 0.29) is 16.9 Å². The van der Waals surface area contributed by atoms with Gasteiger partial charge in [-0.1, -0.05) is 20.8 Å². The van der Waals surface area contributed by atoms with Crippen LogP contribution in [0.1, 0.15) is 20.8 Å². The largest absolute Gasteiger partial charge is 0.328 e. The van der Waals surface area contributed by atoms with Gasteiger partial charge in [0.2, 0.25) is 10.0 Å². The normalized spacial score (nSPS) is 12.7. The lowest BCUT2D eigenvalue weighted by Crippen LogP contribution is -2.35. The van der Waals surface area contributed by atoms with E-state index in [1.54, 1.807) is 0 Å². The third-order valence-corrected chi connectivity index (χ3v) is 3.29. The van der Waals surface area contributed by atoms with Crippen molar-refractivity contribution in [2.75, 3.05) is 6.54 Å². The van der Waals surface area contributed by atoms with Crippen molar-refractivity contribution in [2.24, 2.45) is 5.41 Å². The second-order valence-electron chi connectivity index (χ2n) is 4.75. The van der Waals surface area contributed by atoms with E-state index in [9.17, 15) is 13.2 Å². The zero-order valence-electron chi connectivity index (χ0n) is 9.57. The number of pyridine rings is 1. The highest BCUT2D eigenvalue weighted by Gasteiger charge is 2.20. The van der Waals surface area contributed by atoms with Crippen LogP contribution < -0.4 is 10.3 Å². The van der Waals surface area contributed by atoms with Crippen LogP contribution in [-0.4, -0.2) is 19.9 Å². The number of nitrogens with one attached hydrogen (secondary N) is 2. The molecule has 1 heterocycles. The minimum Gasteiger partial charge on any atom is -0.328 e. The summed E-state index contributed by atoms with van der Waals surface area (Å²) in [5, 5.41) is 0. The number of sulfonamides is 1. The molecule has 0 aliphatic rings. The van der Waals surface area contributed by atoms with E-state index in [1.807, 2.05) is 20.8 Å². The summed E-state index contributed by atoms with van der Waals surface area (Å²) < 4.78 is 25.9. The molecule has 6 heteroatoms. The van der Waals surface area contributed by atoms with Crippen molar-refractivity contribution in [3.63, 3.8) is 0 Å². The molecule has 0 saturated heterocycles. The maximum atomic E-state index is 11.8. The number of rotatable bonds is 3. The molecule has 0 unspecified atom stereocenters. The Morgan fingerprint density at radius 1 is 1.38 bits per heavy atom. The molecular weight excluding hydrogens is 228 g/mol. The first-order chi connectivity index (χ1) is 7.22. The molecule has 5 nitrogen and oxygen atoms in total. The lowest BCUT2D eigenvalue weighted by Gasteiger charge is -2.18. The average Bonchev–Trinajstić information content (AvgIpc) is 2.14. The maximum Gasteiger partial charge on any atom is 0.268 e. The van der Waals surface area contributed by atoms with Crippen molar-refractivity contribution in [1.29, 1.82) is 0 Å². The van der Waals surface area contributed by atoms with Gasteiger partial charge in [0.05, 0.1) is 0 Å². The molecule has 0 aromatic carbocycles. The minimum atomic E-state index is -3.72. The van der Waals surface area contributed by atoms with E-state index >= 15 is 0 Å². The van der Waals surface area contributed by atoms with Gasteiger partial charge in [0.25, 0.3) is 5.56 Å². The van der Waals surface area contributed by atoms with Gasteiger partial charge in [-0.3, -0.25) is 4.79 Å². The Hall–Kier alpha value is -1.14. The van der Waals surface area contributed by atoms with Gasteiger partial charge in [-0.2, -0.15) is 0 Å². The molecule has 0 aliphatic carbocycles. The van der Waals surface area contributed by atoms with Gasteiger partial charge in [0, 0.05) is 12.7 Å². The summed E-state index contributed by atoms with van der Waals surface area (Å²) in [4.78, 5) is 13.4. The van der Waals surface area contributed by atoms with Crippen LogP contribution in [0.15, 0.2) is 28.0 Å². The fourth-order valence-electron chi connectivity index (χ4n) is 1.01. The summed E-state index contributed by atoms with van der Waals surface area (Å²) in [7, 11) is -3.72. The smallest absolute Gasteiger partial charge is 0.268 e. The van der Waals surface area contributed by atoms with Crippen molar-refractivity contribution < 1.29 is 8.42 Å². The van der Waals surface area contributed by atoms with Crippen LogP contribution in [-0.2, 0) is 10.0 Å². The maximum absolute atomic E-state index is 11.8. The molecule has 0 amide bonds. The predicted octanol–water partition coefficient (Wildman–Crippen LogP) is 0.699. The Labute approximate surface area is 94.9 Å². The van der Waals surface area contributed by atoms with Crippen molar-refractivity contribution >= 4 is 10.0 Å². The van der Waals surface area contributed by atoms with Gasteiger partial charge < -0.3 is 4.98 Å². The van der Waals surface area contributed by atoms with Crippen molar-refractivity contribution in [1.82, 2.24) is 9.71 Å². The lowest BCUT2D eigenvalue weighted by atomic mass is 9.98. The first kappa shape index (κ1) is 12.9. The summed E-state index contributed by atoms with van der Waals surface area (Å²) in [6.45, 7) is 6.00. The molecule has 0 bridgehead atoms. The molecule has 1 aromatic rings. The van der Waals surface area contributed by atoms with Crippen LogP contribution >= 0.6 is 0 Å². The molecule has 0 atom stereocenters. The molecule has 90 valence electrons. The van der Waals surface area contributed by atoms with E-state index in [2.05, 4.69) is 9.71 Å². The van der Waals surface area contributed by atoms with E-state index in [4.69, 9.17) is 0 Å². The van der Waals surface area contributed by atoms with Crippen molar-refractivity contribution in [2.45, 2.75) is 25.7 Å². The van der Waals surface area contributed by atoms with Crippen LogP contribution in [0.4, 0.5) is 0 Å². The molecule has 1 rings (SSSR count). The van der Waals surface area contributed by atoms with Crippen LogP contribution in [0, 0.1) is 5.41 Å². The SMILES string of the molecule is CC(C)(C)CNS(=O)(=O)c1ccc[nH]c1=O. The van der Waals surface area contributed by atoms with Crippen LogP contribution in [0.2, 0.25) is 0 Å². The van der Waals surface area contributed by atoms with Gasteiger partial charge in [-0.25, -0.2) is 13.1 Å². The first-order valence-corrected chi connectivity index (χ1v) is 6.38. The van der Waals surface area contributed by atoms with Gasteiger partial charge in [-0.15, -0.1) is 0 Å². The minimum absolute atomic E-state index is 0.172. The average molecular weight is 244 g/mol. The molecule has 2 N–H and O–H groups in total. The van der Waals surface area contributed by atoms with Crippen LogP contribution in [0.25, 0.3) is 0 Å². The van der Waals surface area contributed by atoms with Gasteiger partial charge in [0.15, 0.2) is 0 Å². The molecule has 0 fully saturated rings. The lowest BCUT2D eigenvalue weighted by molar-refractivity contribution is 0.407. The fourth-order valence-corrected chi connectivity index (χ4v) is 2.35. The molecule has 0 saturated carbocycles. The number of aromatic nitrogens is 1. The molecule has 1 aromatic heterocycles. The number of H-pyrrole nitrogens is 1. The summed E-state index contributed by atoms with van der Waals surface area (Å²) >= 11 is 0. The molecule has 16 heavy (non-hydrogen) atoms. The Morgan fingerprint density at radius 2 is 2.00 bits per heavy atom. The molecule has 0 radical (unpaired) electrons. The summed E-state index contributed by atoms with van der Waals surface area (Å²) in [6.07, 6.45) is 1.39. The molecular formula is C10H16N2O3S. The summed E-state index contributed by atoms with van der Waals surface area (Å²) in [6, 6.07) is 2.76. The highest BCUT2D eigenvalue weighted by atomic mass is 32.2. The Morgan fingerprint density at radius 3 is 2.50 bits per heavy atom. The Balaban J connectivity index is 2.96. The van der Waals surface area contributed by atoms with Gasteiger partial charge in [-0.05, 0) is 17.5 Å². The Kier molecular flexibility index (Phi) is 3.54. The highest BCUT2D eigenvalue weighted by molar-refractivity contribution is 7.89. The number of aromatic amines is 1. The fraction of sp³-hybridized carbons (Fsp3) is 0.500.